The van der Waals surface area contributed by atoms with Gasteiger partial charge in [0.05, 0.1) is 10.8 Å². The van der Waals surface area contributed by atoms with Crippen LogP contribution in [0.3, 0.4) is 0 Å². The molecule has 5 nitrogen and oxygen atoms in total. The van der Waals surface area contributed by atoms with E-state index in [4.69, 9.17) is 0 Å². The number of thioether (sulfide) groups is 2. The molecule has 2 heterocycles. The second-order valence-corrected chi connectivity index (χ2v) is 9.96. The van der Waals surface area contributed by atoms with Gasteiger partial charge in [0.15, 0.2) is 0 Å². The van der Waals surface area contributed by atoms with Gasteiger partial charge in [-0.1, -0.05) is 19.1 Å². The van der Waals surface area contributed by atoms with Crippen molar-refractivity contribution in [2.45, 2.75) is 24.3 Å². The highest BCUT2D eigenvalue weighted by Crippen LogP contribution is 2.30. The molecule has 0 bridgehead atoms. The molecular formula is C16H22N2O3S3. The molecule has 1 aromatic carbocycles. The molecule has 2 aliphatic rings. The Hall–Kier alpha value is -0.700. The van der Waals surface area contributed by atoms with Gasteiger partial charge in [-0.05, 0) is 24.1 Å². The highest BCUT2D eigenvalue weighted by atomic mass is 32.2. The van der Waals surface area contributed by atoms with Crippen LogP contribution in [-0.2, 0) is 21.2 Å². The zero-order valence-electron chi connectivity index (χ0n) is 13.7. The Bertz CT molecular complexity index is 685. The lowest BCUT2D eigenvalue weighted by molar-refractivity contribution is -0.133. The van der Waals surface area contributed by atoms with E-state index in [-0.39, 0.29) is 10.8 Å². The van der Waals surface area contributed by atoms with E-state index < -0.39 is 16.1 Å². The van der Waals surface area contributed by atoms with Crippen molar-refractivity contribution >= 4 is 39.5 Å². The largest absolute Gasteiger partial charge is 0.340 e. The number of nitrogens with zero attached hydrogens (tertiary/aromatic N) is 2. The Balaban J connectivity index is 1.81. The average Bonchev–Trinajstić information content (AvgIpc) is 3.12. The van der Waals surface area contributed by atoms with Gasteiger partial charge in [0.1, 0.15) is 6.04 Å². The Morgan fingerprint density at radius 2 is 1.83 bits per heavy atom. The van der Waals surface area contributed by atoms with Gasteiger partial charge >= 0.3 is 0 Å². The Kier molecular flexibility index (Phi) is 5.79. The number of rotatable bonds is 4. The van der Waals surface area contributed by atoms with Crippen LogP contribution >= 0.6 is 23.5 Å². The monoisotopic (exact) mass is 386 g/mol. The molecule has 2 aliphatic heterocycles. The minimum atomic E-state index is -3.64. The highest BCUT2D eigenvalue weighted by Gasteiger charge is 2.41. The molecule has 8 heteroatoms. The fraction of sp³-hybridized carbons (Fsp3) is 0.562. The summed E-state index contributed by atoms with van der Waals surface area (Å²) in [5, 5.41) is 0. The van der Waals surface area contributed by atoms with Crippen LogP contribution < -0.4 is 0 Å². The Morgan fingerprint density at radius 1 is 1.17 bits per heavy atom. The molecule has 1 aromatic rings. The van der Waals surface area contributed by atoms with Crippen molar-refractivity contribution in [1.29, 1.82) is 0 Å². The minimum absolute atomic E-state index is 0.0472. The van der Waals surface area contributed by atoms with E-state index in [1.807, 2.05) is 35.7 Å². The number of sulfonamides is 1. The maximum Gasteiger partial charge on any atom is 0.244 e. The maximum absolute atomic E-state index is 13.0. The predicted octanol–water partition coefficient (Wildman–Crippen LogP) is 1.89. The smallest absolute Gasteiger partial charge is 0.244 e. The first kappa shape index (κ1) is 18.1. The van der Waals surface area contributed by atoms with Gasteiger partial charge in [-0.15, -0.1) is 11.8 Å². The van der Waals surface area contributed by atoms with E-state index in [2.05, 4.69) is 0 Å². The van der Waals surface area contributed by atoms with Gasteiger partial charge < -0.3 is 4.90 Å². The second-order valence-electron chi connectivity index (χ2n) is 5.84. The summed E-state index contributed by atoms with van der Waals surface area (Å²) < 4.78 is 27.3. The molecule has 2 saturated heterocycles. The summed E-state index contributed by atoms with van der Waals surface area (Å²) in [5.74, 6) is 2.69. The molecule has 0 saturated carbocycles. The van der Waals surface area contributed by atoms with Gasteiger partial charge in [-0.2, -0.15) is 16.1 Å². The lowest BCUT2D eigenvalue weighted by Gasteiger charge is -2.31. The van der Waals surface area contributed by atoms with Crippen LogP contribution in [-0.4, -0.2) is 65.8 Å². The third kappa shape index (κ3) is 3.61. The summed E-state index contributed by atoms with van der Waals surface area (Å²) in [6.07, 6.45) is 0.869. The lowest BCUT2D eigenvalue weighted by Crippen LogP contribution is -2.51. The van der Waals surface area contributed by atoms with Crippen molar-refractivity contribution in [3.63, 3.8) is 0 Å². The molecule has 1 unspecified atom stereocenters. The molecule has 0 spiro atoms. The second kappa shape index (κ2) is 7.68. The number of hydrogen-bond donors (Lipinski definition) is 0. The number of aryl methyl sites for hydroxylation is 1. The van der Waals surface area contributed by atoms with E-state index in [0.29, 0.717) is 24.7 Å². The normalized spacial score (nSPS) is 22.7. The van der Waals surface area contributed by atoms with Crippen molar-refractivity contribution in [1.82, 2.24) is 9.21 Å². The maximum atomic E-state index is 13.0. The van der Waals surface area contributed by atoms with E-state index in [1.165, 1.54) is 16.1 Å². The number of benzene rings is 1. The first-order valence-electron chi connectivity index (χ1n) is 8.09. The molecule has 24 heavy (non-hydrogen) atoms. The summed E-state index contributed by atoms with van der Waals surface area (Å²) in [7, 11) is -3.64. The minimum Gasteiger partial charge on any atom is -0.340 e. The SMILES string of the molecule is CCc1ccc(S(=O)(=O)N2CSCC2C(=O)N2CCSCC2)cc1. The third-order valence-electron chi connectivity index (χ3n) is 4.39. The number of hydrogen-bond acceptors (Lipinski definition) is 5. The fourth-order valence-electron chi connectivity index (χ4n) is 2.89. The van der Waals surface area contributed by atoms with Gasteiger partial charge in [0.25, 0.3) is 0 Å². The van der Waals surface area contributed by atoms with Crippen LogP contribution in [0.2, 0.25) is 0 Å². The molecule has 0 aromatic heterocycles. The molecule has 1 amide bonds. The summed E-state index contributed by atoms with van der Waals surface area (Å²) in [5.41, 5.74) is 1.10. The van der Waals surface area contributed by atoms with Crippen LogP contribution in [0, 0.1) is 0 Å². The molecule has 2 fully saturated rings. The van der Waals surface area contributed by atoms with Crippen LogP contribution in [0.4, 0.5) is 0 Å². The van der Waals surface area contributed by atoms with Crippen molar-refractivity contribution in [2.75, 3.05) is 36.2 Å². The third-order valence-corrected chi connectivity index (χ3v) is 8.37. The van der Waals surface area contributed by atoms with Gasteiger partial charge in [0.2, 0.25) is 15.9 Å². The Morgan fingerprint density at radius 3 is 2.46 bits per heavy atom. The number of carbonyl (C=O) groups excluding carboxylic acids is 1. The molecule has 1 atom stereocenters. The quantitative estimate of drug-likeness (QED) is 0.791. The fourth-order valence-corrected chi connectivity index (χ4v) is 6.92. The summed E-state index contributed by atoms with van der Waals surface area (Å²) in [6.45, 7) is 3.46. The molecular weight excluding hydrogens is 364 g/mol. The van der Waals surface area contributed by atoms with Crippen LogP contribution in [0.5, 0.6) is 0 Å². The topological polar surface area (TPSA) is 57.7 Å². The molecule has 3 rings (SSSR count). The predicted molar refractivity (Wildman–Crippen MR) is 99.9 cm³/mol. The standard InChI is InChI=1S/C16H22N2O3S3/c1-2-13-3-5-14(6-4-13)24(20,21)18-12-23-11-15(18)16(19)17-7-9-22-10-8-17/h3-6,15H,2,7-12H2,1H3. The number of carbonyl (C=O) groups is 1. The summed E-state index contributed by atoms with van der Waals surface area (Å²) in [6, 6.07) is 6.41. The molecule has 0 N–H and O–H groups in total. The molecule has 0 radical (unpaired) electrons. The van der Waals surface area contributed by atoms with Gasteiger partial charge in [0, 0.05) is 30.3 Å². The molecule has 132 valence electrons. The highest BCUT2D eigenvalue weighted by molar-refractivity contribution is 8.00. The van der Waals surface area contributed by atoms with Crippen LogP contribution in [0.1, 0.15) is 12.5 Å². The first-order chi connectivity index (χ1) is 11.5. The summed E-state index contributed by atoms with van der Waals surface area (Å²) >= 11 is 3.34. The van der Waals surface area contributed by atoms with Crippen LogP contribution in [0.15, 0.2) is 29.2 Å². The van der Waals surface area contributed by atoms with Gasteiger partial charge in [-0.3, -0.25) is 4.79 Å². The zero-order valence-corrected chi connectivity index (χ0v) is 16.1. The Labute approximate surface area is 152 Å². The van der Waals surface area contributed by atoms with Crippen molar-refractivity contribution in [3.05, 3.63) is 29.8 Å². The number of amides is 1. The van der Waals surface area contributed by atoms with Crippen molar-refractivity contribution in [3.8, 4) is 0 Å². The van der Waals surface area contributed by atoms with Crippen molar-refractivity contribution in [2.24, 2.45) is 0 Å². The first-order valence-corrected chi connectivity index (χ1v) is 11.8. The lowest BCUT2D eigenvalue weighted by atomic mass is 10.2. The van der Waals surface area contributed by atoms with Crippen LogP contribution in [0.25, 0.3) is 0 Å². The van der Waals surface area contributed by atoms with Crippen molar-refractivity contribution < 1.29 is 13.2 Å². The van der Waals surface area contributed by atoms with E-state index in [0.717, 1.165) is 23.5 Å². The van der Waals surface area contributed by atoms with E-state index in [9.17, 15) is 13.2 Å². The van der Waals surface area contributed by atoms with Gasteiger partial charge in [-0.25, -0.2) is 8.42 Å². The van der Waals surface area contributed by atoms with E-state index in [1.54, 1.807) is 12.1 Å². The molecule has 0 aliphatic carbocycles. The van der Waals surface area contributed by atoms with E-state index >= 15 is 0 Å². The zero-order chi connectivity index (χ0) is 17.2. The summed E-state index contributed by atoms with van der Waals surface area (Å²) in [4.78, 5) is 14.9. The average molecular weight is 387 g/mol.